The van der Waals surface area contributed by atoms with Gasteiger partial charge in [-0.05, 0) is 6.42 Å². The lowest BCUT2D eigenvalue weighted by atomic mass is 10.3. The Morgan fingerprint density at radius 3 is 1.81 bits per heavy atom. The van der Waals surface area contributed by atoms with E-state index in [-0.39, 0.29) is 34.9 Å². The van der Waals surface area contributed by atoms with Crippen LogP contribution in [0.15, 0.2) is 0 Å². The van der Waals surface area contributed by atoms with Crippen molar-refractivity contribution in [2.24, 2.45) is 0 Å². The summed E-state index contributed by atoms with van der Waals surface area (Å²) in [7, 11) is -7.43. The molecule has 2 N–H and O–H groups in total. The molecular weight excluding hydrogens is 427 g/mol. The molecule has 15 heteroatoms. The topological polar surface area (TPSA) is 112 Å². The van der Waals surface area contributed by atoms with Gasteiger partial charge in [0.2, 0.25) is 0 Å². The Hall–Kier alpha value is -0.610. The van der Waals surface area contributed by atoms with E-state index in [1.165, 1.54) is 0 Å². The minimum absolute atomic E-state index is 0.119. The Balaban J connectivity index is 5.41. The molecule has 164 valence electrons. The van der Waals surface area contributed by atoms with Crippen LogP contribution in [0.1, 0.15) is 12.8 Å². The minimum atomic E-state index is -6.35. The molecule has 27 heavy (non-hydrogen) atoms. The normalized spacial score (nSPS) is 14.7. The molecule has 0 fully saturated rings. The average molecular weight is 451 g/mol. The van der Waals surface area contributed by atoms with Gasteiger partial charge in [-0.15, -0.1) is 0 Å². The minimum Gasteiger partial charge on any atom is -0.391 e. The third-order valence-electron chi connectivity index (χ3n) is 3.68. The molecule has 0 aromatic carbocycles. The van der Waals surface area contributed by atoms with E-state index in [1.807, 2.05) is 0 Å². The fraction of sp³-hybridized carbons (Fsp3) is 1.00. The highest BCUT2D eigenvalue weighted by atomic mass is 32.2. The lowest BCUT2D eigenvalue weighted by Crippen LogP contribution is -2.52. The molecule has 0 heterocycles. The van der Waals surface area contributed by atoms with E-state index in [0.29, 0.717) is 0 Å². The van der Waals surface area contributed by atoms with Gasteiger partial charge in [0.15, 0.2) is 0 Å². The molecule has 0 atom stereocenters. The van der Waals surface area contributed by atoms with E-state index in [1.54, 1.807) is 14.1 Å². The Morgan fingerprint density at radius 1 is 0.926 bits per heavy atom. The molecule has 0 aromatic heterocycles. The Kier molecular flexibility index (Phi) is 9.05. The summed E-state index contributed by atoms with van der Waals surface area (Å²) in [6.07, 6.45) is -7.13. The zero-order valence-electron chi connectivity index (χ0n) is 14.8. The van der Waals surface area contributed by atoms with E-state index in [2.05, 4.69) is 0 Å². The van der Waals surface area contributed by atoms with E-state index in [0.717, 1.165) is 0 Å². The molecule has 0 unspecified atom stereocenters. The van der Waals surface area contributed by atoms with Crippen molar-refractivity contribution >= 4 is 20.1 Å². The SMILES string of the molecule is C[N+](C)(CCO)CCCN(CCCS(=O)(=O)O)S(=O)(=O)C(F)(F)C(F)(F)F. The van der Waals surface area contributed by atoms with Gasteiger partial charge >= 0.3 is 11.4 Å². The van der Waals surface area contributed by atoms with Crippen molar-refractivity contribution in [3.8, 4) is 0 Å². The average Bonchev–Trinajstić information content (AvgIpc) is 2.42. The van der Waals surface area contributed by atoms with Gasteiger partial charge in [-0.25, -0.2) is 8.42 Å². The maximum atomic E-state index is 13.4. The van der Waals surface area contributed by atoms with Crippen LogP contribution in [0.3, 0.4) is 0 Å². The van der Waals surface area contributed by atoms with Crippen molar-refractivity contribution in [3.63, 3.8) is 0 Å². The Bertz CT molecular complexity index is 679. The highest BCUT2D eigenvalue weighted by Crippen LogP contribution is 2.41. The van der Waals surface area contributed by atoms with Crippen LogP contribution in [0.25, 0.3) is 0 Å². The molecule has 0 aliphatic heterocycles. The van der Waals surface area contributed by atoms with Crippen molar-refractivity contribution in [1.29, 1.82) is 0 Å². The number of sulfonamides is 1. The third kappa shape index (κ3) is 8.11. The summed E-state index contributed by atoms with van der Waals surface area (Å²) in [4.78, 5) is 0. The molecule has 0 amide bonds. The number of hydrogen-bond donors (Lipinski definition) is 2. The molecule has 0 radical (unpaired) electrons. The van der Waals surface area contributed by atoms with Gasteiger partial charge in [-0.2, -0.15) is 34.7 Å². The zero-order valence-corrected chi connectivity index (χ0v) is 16.4. The first-order valence-corrected chi connectivity index (χ1v) is 10.7. The van der Waals surface area contributed by atoms with Gasteiger partial charge in [0.25, 0.3) is 20.1 Å². The van der Waals surface area contributed by atoms with E-state index >= 15 is 0 Å². The van der Waals surface area contributed by atoms with Crippen LogP contribution in [0.2, 0.25) is 0 Å². The van der Waals surface area contributed by atoms with Gasteiger partial charge in [-0.3, -0.25) is 4.55 Å². The predicted molar refractivity (Wildman–Crippen MR) is 86.1 cm³/mol. The van der Waals surface area contributed by atoms with Crippen LogP contribution >= 0.6 is 0 Å². The number of aliphatic hydroxyl groups excluding tert-OH is 1. The predicted octanol–water partition coefficient (Wildman–Crippen LogP) is 0.510. The molecule has 0 aliphatic carbocycles. The van der Waals surface area contributed by atoms with Crippen molar-refractivity contribution in [2.75, 3.05) is 52.6 Å². The smallest absolute Gasteiger partial charge is 0.391 e. The molecular formula is C12H24F5N2O6S2+. The molecule has 0 spiro atoms. The summed E-state index contributed by atoms with van der Waals surface area (Å²) in [6.45, 7) is -1.47. The Morgan fingerprint density at radius 2 is 1.41 bits per heavy atom. The monoisotopic (exact) mass is 451 g/mol. The fourth-order valence-electron chi connectivity index (χ4n) is 2.14. The van der Waals surface area contributed by atoms with Gasteiger partial charge in [0, 0.05) is 19.5 Å². The first-order chi connectivity index (χ1) is 11.9. The van der Waals surface area contributed by atoms with Crippen LogP contribution in [-0.4, -0.2) is 99.3 Å². The van der Waals surface area contributed by atoms with E-state index in [9.17, 15) is 38.8 Å². The molecule has 8 nitrogen and oxygen atoms in total. The quantitative estimate of drug-likeness (QED) is 0.254. The molecule has 0 bridgehead atoms. The van der Waals surface area contributed by atoms with E-state index < -0.39 is 56.8 Å². The maximum absolute atomic E-state index is 13.4. The van der Waals surface area contributed by atoms with Crippen molar-refractivity contribution < 1.29 is 52.9 Å². The molecule has 0 aliphatic rings. The van der Waals surface area contributed by atoms with Gasteiger partial charge in [-0.1, -0.05) is 0 Å². The number of aliphatic hydroxyl groups is 1. The second-order valence-electron chi connectivity index (χ2n) is 6.52. The standard InChI is InChI=1S/C12H23F5N2O6S2/c1-19(2,8-9-20)7-3-5-18(6-4-10-26(21,22)23)27(24,25)12(16,17)11(13,14)15/h20H,3-10H2,1-2H3/p+1. The first-order valence-electron chi connectivity index (χ1n) is 7.70. The molecule has 0 saturated carbocycles. The highest BCUT2D eigenvalue weighted by molar-refractivity contribution is 7.90. The number of hydrogen-bond acceptors (Lipinski definition) is 5. The van der Waals surface area contributed by atoms with Crippen molar-refractivity contribution in [2.45, 2.75) is 24.3 Å². The molecule has 0 rings (SSSR count). The second kappa shape index (κ2) is 9.26. The van der Waals surface area contributed by atoms with Gasteiger partial charge in [0.05, 0.1) is 33.0 Å². The number of rotatable bonds is 12. The van der Waals surface area contributed by atoms with Crippen LogP contribution < -0.4 is 0 Å². The van der Waals surface area contributed by atoms with Gasteiger partial charge < -0.3 is 9.59 Å². The number of nitrogens with zero attached hydrogens (tertiary/aromatic N) is 2. The summed E-state index contributed by atoms with van der Waals surface area (Å²) in [5.41, 5.74) is 0. The lowest BCUT2D eigenvalue weighted by molar-refractivity contribution is -0.890. The van der Waals surface area contributed by atoms with Crippen LogP contribution in [-0.2, 0) is 20.1 Å². The van der Waals surface area contributed by atoms with Crippen LogP contribution in [0.5, 0.6) is 0 Å². The summed E-state index contributed by atoms with van der Waals surface area (Å²) < 4.78 is 118. The highest BCUT2D eigenvalue weighted by Gasteiger charge is 2.68. The number of quaternary nitrogens is 1. The van der Waals surface area contributed by atoms with Crippen LogP contribution in [0, 0.1) is 0 Å². The largest absolute Gasteiger partial charge is 0.470 e. The summed E-state index contributed by atoms with van der Waals surface area (Å²) in [5.74, 6) is -0.997. The second-order valence-corrected chi connectivity index (χ2v) is 10.1. The number of alkyl halides is 5. The summed E-state index contributed by atoms with van der Waals surface area (Å²) >= 11 is 0. The lowest BCUT2D eigenvalue weighted by Gasteiger charge is -2.31. The van der Waals surface area contributed by atoms with Crippen LogP contribution in [0.4, 0.5) is 22.0 Å². The van der Waals surface area contributed by atoms with Crippen molar-refractivity contribution in [3.05, 3.63) is 0 Å². The fourth-order valence-corrected chi connectivity index (χ4v) is 3.99. The van der Waals surface area contributed by atoms with E-state index in [4.69, 9.17) is 9.66 Å². The van der Waals surface area contributed by atoms with Gasteiger partial charge in [0.1, 0.15) is 6.54 Å². The molecule has 0 saturated heterocycles. The van der Waals surface area contributed by atoms with Crippen molar-refractivity contribution in [1.82, 2.24) is 4.31 Å². The summed E-state index contributed by atoms with van der Waals surface area (Å²) in [6, 6.07) is 0. The first kappa shape index (κ1) is 26.4. The maximum Gasteiger partial charge on any atom is 0.470 e. The third-order valence-corrected chi connectivity index (χ3v) is 6.41. The number of likely N-dealkylation sites (N-methyl/N-ethyl adjacent to an activating group) is 1. The summed E-state index contributed by atoms with van der Waals surface area (Å²) in [5, 5.41) is 2.85. The zero-order chi connectivity index (χ0) is 21.7. The number of halogens is 5. The Labute approximate surface area is 154 Å². The molecule has 0 aromatic rings.